The summed E-state index contributed by atoms with van der Waals surface area (Å²) < 4.78 is 2.70. The van der Waals surface area contributed by atoms with Crippen LogP contribution in [0.25, 0.3) is 22.5 Å². The minimum Gasteiger partial charge on any atom is -0.317 e. The molecule has 1 aliphatic rings. The normalized spacial score (nSPS) is 15.5. The summed E-state index contributed by atoms with van der Waals surface area (Å²) in [5.74, 6) is -1.40. The molecule has 4 aromatic rings. The number of hydrogen-bond donors (Lipinski definition) is 1. The molecule has 6 nitrogen and oxygen atoms in total. The van der Waals surface area contributed by atoms with E-state index in [0.29, 0.717) is 11.4 Å². The summed E-state index contributed by atoms with van der Waals surface area (Å²) in [6.45, 7) is 0. The highest BCUT2D eigenvalue weighted by molar-refractivity contribution is 9.10. The van der Waals surface area contributed by atoms with Crippen molar-refractivity contribution in [3.8, 4) is 5.69 Å². The van der Waals surface area contributed by atoms with Crippen LogP contribution in [0.15, 0.2) is 95.1 Å². The molecule has 0 unspecified atom stereocenters. The van der Waals surface area contributed by atoms with Crippen molar-refractivity contribution in [1.82, 2.24) is 9.88 Å². The monoisotopic (exact) mass is 485 g/mol. The van der Waals surface area contributed by atoms with Crippen LogP contribution in [0.5, 0.6) is 0 Å². The first-order valence-electron chi connectivity index (χ1n) is 9.85. The first kappa shape index (κ1) is 20.0. The number of rotatable bonds is 3. The smallest absolute Gasteiger partial charge is 0.317 e. The third kappa shape index (κ3) is 3.52. The summed E-state index contributed by atoms with van der Waals surface area (Å²) >= 11 is 3.33. The van der Waals surface area contributed by atoms with E-state index in [1.54, 1.807) is 24.3 Å². The van der Waals surface area contributed by atoms with Crippen molar-refractivity contribution >= 4 is 56.3 Å². The highest BCUT2D eigenvalue weighted by atomic mass is 79.9. The Kier molecular flexibility index (Phi) is 4.95. The average Bonchev–Trinajstić information content (AvgIpc) is 3.26. The molecule has 2 heterocycles. The molecule has 1 aromatic heterocycles. The van der Waals surface area contributed by atoms with Gasteiger partial charge in [-0.25, -0.2) is 9.69 Å². The average molecular weight is 486 g/mol. The summed E-state index contributed by atoms with van der Waals surface area (Å²) in [4.78, 5) is 39.0. The summed E-state index contributed by atoms with van der Waals surface area (Å²) in [5, 5.41) is 4.46. The van der Waals surface area contributed by atoms with Crippen LogP contribution in [-0.2, 0) is 9.59 Å². The molecule has 32 heavy (non-hydrogen) atoms. The zero-order valence-corrected chi connectivity index (χ0v) is 18.2. The number of aromatic nitrogens is 1. The van der Waals surface area contributed by atoms with Crippen molar-refractivity contribution in [3.05, 3.63) is 101 Å². The number of anilines is 1. The number of fused-ring (bicyclic) bond motifs is 1. The van der Waals surface area contributed by atoms with Gasteiger partial charge in [0, 0.05) is 22.1 Å². The molecular formula is C25H16BrN3O3. The predicted octanol–water partition coefficient (Wildman–Crippen LogP) is 5.06. The van der Waals surface area contributed by atoms with Crippen LogP contribution >= 0.6 is 15.9 Å². The van der Waals surface area contributed by atoms with Gasteiger partial charge in [0.1, 0.15) is 5.57 Å². The van der Waals surface area contributed by atoms with Crippen LogP contribution in [0, 0.1) is 0 Å². The van der Waals surface area contributed by atoms with E-state index in [4.69, 9.17) is 0 Å². The summed E-state index contributed by atoms with van der Waals surface area (Å²) in [6.07, 6.45) is 3.37. The number of imide groups is 2. The van der Waals surface area contributed by atoms with Gasteiger partial charge in [-0.2, -0.15) is 0 Å². The molecule has 3 aromatic carbocycles. The van der Waals surface area contributed by atoms with Crippen LogP contribution in [-0.4, -0.2) is 22.4 Å². The Hall–Kier alpha value is -3.97. The molecule has 0 bridgehead atoms. The highest BCUT2D eigenvalue weighted by Crippen LogP contribution is 2.25. The standard InChI is InChI=1S/C25H16BrN3O3/c26-18-8-11-19(12-9-18)29-24(31)22(23(30)27-25(29)32)15-20-6-3-13-28(20)21-10-7-16-4-1-2-5-17(16)14-21/h1-15H,(H,27,30,32)/b22-15+. The van der Waals surface area contributed by atoms with E-state index in [9.17, 15) is 14.4 Å². The lowest BCUT2D eigenvalue weighted by Crippen LogP contribution is -2.54. The molecule has 4 amide bonds. The molecule has 1 aliphatic heterocycles. The lowest BCUT2D eigenvalue weighted by Gasteiger charge is -2.26. The summed E-state index contributed by atoms with van der Waals surface area (Å²) in [6, 6.07) is 23.6. The molecule has 0 spiro atoms. The number of hydrogen-bond acceptors (Lipinski definition) is 3. The lowest BCUT2D eigenvalue weighted by molar-refractivity contribution is -0.122. The number of carbonyl (C=O) groups excluding carboxylic acids is 3. The molecule has 0 radical (unpaired) electrons. The van der Waals surface area contributed by atoms with Gasteiger partial charge in [-0.15, -0.1) is 0 Å². The van der Waals surface area contributed by atoms with Gasteiger partial charge >= 0.3 is 6.03 Å². The van der Waals surface area contributed by atoms with Gasteiger partial charge in [0.05, 0.1) is 5.69 Å². The van der Waals surface area contributed by atoms with Gasteiger partial charge < -0.3 is 4.57 Å². The summed E-state index contributed by atoms with van der Waals surface area (Å²) in [7, 11) is 0. The van der Waals surface area contributed by atoms with E-state index in [1.165, 1.54) is 6.08 Å². The molecule has 1 N–H and O–H groups in total. The predicted molar refractivity (Wildman–Crippen MR) is 126 cm³/mol. The minimum atomic E-state index is -0.774. The van der Waals surface area contributed by atoms with Crippen molar-refractivity contribution < 1.29 is 14.4 Å². The number of halogens is 1. The Balaban J connectivity index is 1.55. The highest BCUT2D eigenvalue weighted by Gasteiger charge is 2.37. The van der Waals surface area contributed by atoms with E-state index < -0.39 is 17.8 Å². The SMILES string of the molecule is O=C1NC(=O)N(c2ccc(Br)cc2)C(=O)/C1=C/c1cccn1-c1ccc2ccccc2c1. The lowest BCUT2D eigenvalue weighted by atomic mass is 10.1. The maximum atomic E-state index is 13.1. The van der Waals surface area contributed by atoms with Crippen LogP contribution in [0.4, 0.5) is 10.5 Å². The van der Waals surface area contributed by atoms with Gasteiger partial charge in [0.2, 0.25) is 0 Å². The molecule has 1 saturated heterocycles. The number of benzene rings is 3. The second kappa shape index (κ2) is 7.94. The minimum absolute atomic E-state index is 0.117. The van der Waals surface area contributed by atoms with E-state index in [0.717, 1.165) is 25.8 Å². The Morgan fingerprint density at radius 1 is 0.781 bits per heavy atom. The molecule has 0 saturated carbocycles. The Morgan fingerprint density at radius 3 is 2.28 bits per heavy atom. The van der Waals surface area contributed by atoms with Crippen LogP contribution in [0.2, 0.25) is 0 Å². The van der Waals surface area contributed by atoms with E-state index >= 15 is 0 Å². The third-order valence-electron chi connectivity index (χ3n) is 5.27. The van der Waals surface area contributed by atoms with Crippen molar-refractivity contribution in [1.29, 1.82) is 0 Å². The van der Waals surface area contributed by atoms with Crippen LogP contribution in [0.3, 0.4) is 0 Å². The number of nitrogens with zero attached hydrogens (tertiary/aromatic N) is 2. The maximum Gasteiger partial charge on any atom is 0.335 e. The van der Waals surface area contributed by atoms with Gasteiger partial charge in [-0.1, -0.05) is 46.3 Å². The molecular weight excluding hydrogens is 470 g/mol. The maximum absolute atomic E-state index is 13.1. The number of amides is 4. The fourth-order valence-electron chi connectivity index (χ4n) is 3.70. The van der Waals surface area contributed by atoms with Crippen molar-refractivity contribution in [3.63, 3.8) is 0 Å². The van der Waals surface area contributed by atoms with E-state index in [1.807, 2.05) is 65.4 Å². The van der Waals surface area contributed by atoms with Crippen molar-refractivity contribution in [2.45, 2.75) is 0 Å². The van der Waals surface area contributed by atoms with Gasteiger partial charge in [-0.3, -0.25) is 14.9 Å². The molecule has 156 valence electrons. The number of carbonyl (C=O) groups is 3. The zero-order chi connectivity index (χ0) is 22.2. The second-order valence-corrected chi connectivity index (χ2v) is 8.18. The second-order valence-electron chi connectivity index (χ2n) is 7.27. The quantitative estimate of drug-likeness (QED) is 0.325. The van der Waals surface area contributed by atoms with Gasteiger partial charge in [0.25, 0.3) is 11.8 Å². The molecule has 1 fully saturated rings. The molecule has 5 rings (SSSR count). The Morgan fingerprint density at radius 2 is 1.50 bits per heavy atom. The van der Waals surface area contributed by atoms with Gasteiger partial charge in [0.15, 0.2) is 0 Å². The van der Waals surface area contributed by atoms with Crippen LogP contribution in [0.1, 0.15) is 5.69 Å². The third-order valence-corrected chi connectivity index (χ3v) is 5.80. The zero-order valence-electron chi connectivity index (χ0n) is 16.7. The largest absolute Gasteiger partial charge is 0.335 e. The summed E-state index contributed by atoms with van der Waals surface area (Å²) in [5.41, 5.74) is 1.79. The molecule has 0 atom stereocenters. The first-order valence-corrected chi connectivity index (χ1v) is 10.6. The topological polar surface area (TPSA) is 71.4 Å². The van der Waals surface area contributed by atoms with E-state index in [2.05, 4.69) is 21.2 Å². The molecule has 7 heteroatoms. The number of nitrogens with one attached hydrogen (secondary N) is 1. The van der Waals surface area contributed by atoms with E-state index in [-0.39, 0.29) is 5.57 Å². The Labute approximate surface area is 191 Å². The van der Waals surface area contributed by atoms with Gasteiger partial charge in [-0.05, 0) is 65.4 Å². The first-order chi connectivity index (χ1) is 15.5. The fraction of sp³-hybridized carbons (Fsp3) is 0. The van der Waals surface area contributed by atoms with Crippen LogP contribution < -0.4 is 10.2 Å². The van der Waals surface area contributed by atoms with Crippen molar-refractivity contribution in [2.75, 3.05) is 4.90 Å². The number of urea groups is 1. The molecule has 0 aliphatic carbocycles. The number of barbiturate groups is 1. The fourth-order valence-corrected chi connectivity index (χ4v) is 3.97. The Bertz CT molecular complexity index is 1420. The van der Waals surface area contributed by atoms with Crippen molar-refractivity contribution in [2.24, 2.45) is 0 Å².